The molecule has 484 valence electrons. The van der Waals surface area contributed by atoms with Gasteiger partial charge in [0.25, 0.3) is 7.82 Å². The summed E-state index contributed by atoms with van der Waals surface area (Å²) in [5.74, 6) is -0.157. The third-order valence-corrected chi connectivity index (χ3v) is 17.5. The lowest BCUT2D eigenvalue weighted by molar-refractivity contribution is -0.870. The number of rotatable bonds is 67. The largest absolute Gasteiger partial charge is 0.756 e. The van der Waals surface area contributed by atoms with Crippen LogP contribution in [0, 0.1) is 0 Å². The first-order chi connectivity index (χ1) is 40.0. The zero-order chi connectivity index (χ0) is 59.8. The Morgan fingerprint density at radius 2 is 0.744 bits per heavy atom. The standard InChI is InChI=1S/C73H141N2O6P/c1-6-8-10-12-14-16-18-20-22-24-26-28-30-32-33-34-35-36-37-38-39-40-41-43-45-47-49-51-53-55-57-59-61-63-65-67-73(77)74-71(70-81-82(78,79)80-69-68-75(3,4)5)72(76)66-64-62-60-58-56-54-52-50-48-46-44-42-31-29-27-25-23-21-19-17-15-13-11-9-7-2/h8,10,14,16,20,22,26,28,71-72,76H,6-7,9,11-13,15,17-19,21,23-25,27,29-70H2,1-5H3,(H-,74,77,78,79)/b10-8-,16-14-,22-20-,28-26-. The number of phosphoric acid groups is 1. The van der Waals surface area contributed by atoms with Crippen molar-refractivity contribution in [3.8, 4) is 0 Å². The molecule has 0 aromatic rings. The molecule has 0 aliphatic carbocycles. The van der Waals surface area contributed by atoms with E-state index in [4.69, 9.17) is 9.05 Å². The van der Waals surface area contributed by atoms with Crippen molar-refractivity contribution in [3.05, 3.63) is 48.6 Å². The van der Waals surface area contributed by atoms with Gasteiger partial charge in [-0.2, -0.15) is 0 Å². The van der Waals surface area contributed by atoms with E-state index in [1.54, 1.807) is 0 Å². The molecule has 0 heterocycles. The summed E-state index contributed by atoms with van der Waals surface area (Å²) in [6.07, 6.45) is 86.3. The van der Waals surface area contributed by atoms with Gasteiger partial charge < -0.3 is 28.8 Å². The summed E-state index contributed by atoms with van der Waals surface area (Å²) < 4.78 is 23.6. The van der Waals surface area contributed by atoms with Crippen molar-refractivity contribution in [3.63, 3.8) is 0 Å². The number of aliphatic hydroxyl groups excluding tert-OH is 1. The molecule has 1 amide bonds. The lowest BCUT2D eigenvalue weighted by atomic mass is 10.0. The Kier molecular flexibility index (Phi) is 62.7. The Morgan fingerprint density at radius 1 is 0.439 bits per heavy atom. The van der Waals surface area contributed by atoms with Crippen LogP contribution in [-0.4, -0.2) is 68.5 Å². The van der Waals surface area contributed by atoms with Crippen LogP contribution in [0.3, 0.4) is 0 Å². The van der Waals surface area contributed by atoms with Gasteiger partial charge in [-0.25, -0.2) is 0 Å². The highest BCUT2D eigenvalue weighted by Gasteiger charge is 2.24. The van der Waals surface area contributed by atoms with Crippen LogP contribution in [0.4, 0.5) is 0 Å². The minimum Gasteiger partial charge on any atom is -0.756 e. The van der Waals surface area contributed by atoms with E-state index in [0.717, 1.165) is 64.2 Å². The number of carbonyl (C=O) groups excluding carboxylic acids is 1. The molecule has 82 heavy (non-hydrogen) atoms. The first kappa shape index (κ1) is 80.5. The fourth-order valence-corrected chi connectivity index (χ4v) is 11.8. The molecule has 0 spiro atoms. The van der Waals surface area contributed by atoms with Crippen molar-refractivity contribution >= 4 is 13.7 Å². The van der Waals surface area contributed by atoms with Crippen molar-refractivity contribution in [2.45, 2.75) is 373 Å². The highest BCUT2D eigenvalue weighted by atomic mass is 31.2. The van der Waals surface area contributed by atoms with Gasteiger partial charge in [0.1, 0.15) is 13.2 Å². The molecule has 0 bridgehead atoms. The topological polar surface area (TPSA) is 108 Å². The summed E-state index contributed by atoms with van der Waals surface area (Å²) in [5, 5.41) is 14.1. The van der Waals surface area contributed by atoms with E-state index in [0.29, 0.717) is 23.9 Å². The minimum atomic E-state index is -4.58. The highest BCUT2D eigenvalue weighted by molar-refractivity contribution is 7.45. The Balaban J connectivity index is 3.96. The van der Waals surface area contributed by atoms with Crippen LogP contribution < -0.4 is 10.2 Å². The van der Waals surface area contributed by atoms with Gasteiger partial charge in [-0.15, -0.1) is 0 Å². The van der Waals surface area contributed by atoms with Gasteiger partial charge in [0.05, 0.1) is 39.9 Å². The Morgan fingerprint density at radius 3 is 1.09 bits per heavy atom. The second kappa shape index (κ2) is 63.9. The third-order valence-electron chi connectivity index (χ3n) is 16.6. The van der Waals surface area contributed by atoms with E-state index in [9.17, 15) is 19.4 Å². The summed E-state index contributed by atoms with van der Waals surface area (Å²) in [5.41, 5.74) is 0. The molecule has 3 unspecified atom stereocenters. The maximum Gasteiger partial charge on any atom is 0.268 e. The average molecular weight is 1170 g/mol. The van der Waals surface area contributed by atoms with Gasteiger partial charge in [0.15, 0.2) is 0 Å². The molecule has 0 aliphatic heterocycles. The van der Waals surface area contributed by atoms with Gasteiger partial charge in [0, 0.05) is 6.42 Å². The summed E-state index contributed by atoms with van der Waals surface area (Å²) in [4.78, 5) is 25.7. The molecule has 0 aromatic heterocycles. The summed E-state index contributed by atoms with van der Waals surface area (Å²) in [7, 11) is 1.32. The normalized spacial score (nSPS) is 13.9. The Labute approximate surface area is 511 Å². The summed E-state index contributed by atoms with van der Waals surface area (Å²) >= 11 is 0. The van der Waals surface area contributed by atoms with E-state index in [1.807, 2.05) is 21.1 Å². The van der Waals surface area contributed by atoms with E-state index in [-0.39, 0.29) is 19.1 Å². The van der Waals surface area contributed by atoms with Crippen LogP contribution >= 0.6 is 7.82 Å². The monoisotopic (exact) mass is 1170 g/mol. The molecule has 0 aliphatic rings. The number of nitrogens with zero attached hydrogens (tertiary/aromatic N) is 1. The number of hydrogen-bond acceptors (Lipinski definition) is 6. The number of nitrogens with one attached hydrogen (secondary N) is 1. The molecule has 0 aromatic carbocycles. The van der Waals surface area contributed by atoms with Crippen LogP contribution in [0.25, 0.3) is 0 Å². The molecule has 3 atom stereocenters. The number of quaternary nitrogens is 1. The van der Waals surface area contributed by atoms with Crippen molar-refractivity contribution < 1.29 is 32.9 Å². The summed E-state index contributed by atoms with van der Waals surface area (Å²) in [6.45, 7) is 4.67. The number of phosphoric ester groups is 1. The predicted octanol–water partition coefficient (Wildman–Crippen LogP) is 22.4. The van der Waals surface area contributed by atoms with Gasteiger partial charge >= 0.3 is 0 Å². The van der Waals surface area contributed by atoms with E-state index < -0.39 is 20.0 Å². The maximum absolute atomic E-state index is 13.1. The predicted molar refractivity (Wildman–Crippen MR) is 358 cm³/mol. The molecule has 9 heteroatoms. The lowest BCUT2D eigenvalue weighted by Gasteiger charge is -2.30. The molecular weight excluding hydrogens is 1030 g/mol. The molecule has 0 fully saturated rings. The van der Waals surface area contributed by atoms with Crippen LogP contribution in [0.5, 0.6) is 0 Å². The number of likely N-dealkylation sites (N-methyl/N-ethyl adjacent to an activating group) is 1. The first-order valence-electron chi connectivity index (χ1n) is 36.0. The Hall–Kier alpha value is -1.54. The van der Waals surface area contributed by atoms with E-state index in [1.165, 1.54) is 270 Å². The molecule has 0 radical (unpaired) electrons. The van der Waals surface area contributed by atoms with Gasteiger partial charge in [0.2, 0.25) is 5.91 Å². The summed E-state index contributed by atoms with van der Waals surface area (Å²) in [6, 6.07) is -0.801. The zero-order valence-corrected chi connectivity index (χ0v) is 56.4. The van der Waals surface area contributed by atoms with Crippen molar-refractivity contribution in [2.24, 2.45) is 0 Å². The number of allylic oxidation sites excluding steroid dienone is 8. The third kappa shape index (κ3) is 66.0. The number of carbonyl (C=O) groups is 1. The molecule has 8 nitrogen and oxygen atoms in total. The first-order valence-corrected chi connectivity index (χ1v) is 37.4. The highest BCUT2D eigenvalue weighted by Crippen LogP contribution is 2.38. The van der Waals surface area contributed by atoms with Crippen molar-refractivity contribution in [1.82, 2.24) is 5.32 Å². The fourth-order valence-electron chi connectivity index (χ4n) is 11.0. The second-order valence-corrected chi connectivity index (χ2v) is 27.3. The molecule has 0 saturated carbocycles. The quantitative estimate of drug-likeness (QED) is 0.0272. The lowest BCUT2D eigenvalue weighted by Crippen LogP contribution is -2.46. The van der Waals surface area contributed by atoms with Crippen LogP contribution in [0.15, 0.2) is 48.6 Å². The molecule has 0 rings (SSSR count). The zero-order valence-electron chi connectivity index (χ0n) is 55.5. The molecular formula is C73H141N2O6P. The van der Waals surface area contributed by atoms with Crippen LogP contribution in [0.2, 0.25) is 0 Å². The second-order valence-electron chi connectivity index (χ2n) is 25.9. The fraction of sp³-hybridized carbons (Fsp3) is 0.877. The van der Waals surface area contributed by atoms with Crippen molar-refractivity contribution in [1.29, 1.82) is 0 Å². The number of unbranched alkanes of at least 4 members (excludes halogenated alkanes) is 46. The Bertz CT molecular complexity index is 1480. The number of hydrogen-bond donors (Lipinski definition) is 2. The number of amides is 1. The van der Waals surface area contributed by atoms with E-state index in [2.05, 4.69) is 67.8 Å². The van der Waals surface area contributed by atoms with Gasteiger partial charge in [-0.1, -0.05) is 351 Å². The van der Waals surface area contributed by atoms with Gasteiger partial charge in [-0.3, -0.25) is 9.36 Å². The smallest absolute Gasteiger partial charge is 0.268 e. The average Bonchev–Trinajstić information content (AvgIpc) is 3.45. The minimum absolute atomic E-state index is 0.0142. The number of aliphatic hydroxyl groups is 1. The van der Waals surface area contributed by atoms with Crippen LogP contribution in [0.1, 0.15) is 361 Å². The van der Waals surface area contributed by atoms with Crippen molar-refractivity contribution in [2.75, 3.05) is 40.9 Å². The molecule has 0 saturated heterocycles. The SMILES string of the molecule is CC/C=C\C/C=C\C/C=C\C/C=C\CCCCCCCCCCCCCCCCCCCCCCCCC(=O)NC(COP(=O)([O-])OCC[N+](C)(C)C)C(O)CCCCCCCCCCCCCCCCCCCCCCCCCCC. The van der Waals surface area contributed by atoms with Gasteiger partial charge in [-0.05, 0) is 51.4 Å². The van der Waals surface area contributed by atoms with E-state index >= 15 is 0 Å². The van der Waals surface area contributed by atoms with Crippen LogP contribution in [-0.2, 0) is 18.4 Å². The molecule has 2 N–H and O–H groups in total. The maximum atomic E-state index is 13.1.